The summed E-state index contributed by atoms with van der Waals surface area (Å²) in [7, 11) is -4.53. The van der Waals surface area contributed by atoms with Gasteiger partial charge in [0.1, 0.15) is 12.2 Å². The lowest BCUT2D eigenvalue weighted by Crippen LogP contribution is -2.29. The van der Waals surface area contributed by atoms with Gasteiger partial charge in [0.2, 0.25) is 0 Å². The van der Waals surface area contributed by atoms with Gasteiger partial charge in [-0.2, -0.15) is 0 Å². The van der Waals surface area contributed by atoms with Gasteiger partial charge in [-0.05, 0) is 83.5 Å². The van der Waals surface area contributed by atoms with Gasteiger partial charge in [-0.15, -0.1) is 0 Å². The molecule has 0 aromatic carbocycles. The van der Waals surface area contributed by atoms with Crippen LogP contribution in [0, 0.1) is 0 Å². The van der Waals surface area contributed by atoms with Crippen molar-refractivity contribution < 1.29 is 43.0 Å². The first kappa shape index (κ1) is 53.6. The van der Waals surface area contributed by atoms with Gasteiger partial charge in [-0.1, -0.05) is 150 Å². The number of carbonyl (C=O) groups is 1. The fourth-order valence-corrected chi connectivity index (χ4v) is 6.15. The molecular formula is C46H79O9P. The molecule has 0 aromatic heterocycles. The fraction of sp³-hybridized carbons (Fsp3) is 0.674. The number of esters is 1. The Labute approximate surface area is 341 Å². The number of rotatable bonds is 40. The third kappa shape index (κ3) is 41.3. The monoisotopic (exact) mass is 807 g/mol. The second-order valence-corrected chi connectivity index (χ2v) is 15.4. The average molecular weight is 807 g/mol. The minimum Gasteiger partial charge on any atom is -0.457 e. The molecule has 0 aromatic rings. The summed E-state index contributed by atoms with van der Waals surface area (Å²) in [6, 6.07) is 0. The standard InChI is InChI=1S/C46H79O9P/c1-3-5-7-9-11-13-15-17-19-20-21-22-23-25-27-29-31-33-35-37-39-52-42-45(43-54-56(50,51)53-41-44(48)40-47)55-46(49)38-36-34-32-30-28-26-24-18-16-14-12-10-8-6-4-2/h5-8,11-14,17-19,21-22,24,44-45,47-48H,3-4,9-10,15-16,20,23,25-43H2,1-2H3,(H,50,51)/b7-5-,8-6-,13-11-,14-12-,19-17-,22-21-,24-18-. The lowest BCUT2D eigenvalue weighted by atomic mass is 10.1. The molecule has 0 rings (SSSR count). The summed E-state index contributed by atoms with van der Waals surface area (Å²) in [6.45, 7) is 3.22. The van der Waals surface area contributed by atoms with E-state index in [1.807, 2.05) is 0 Å². The van der Waals surface area contributed by atoms with Gasteiger partial charge < -0.3 is 24.6 Å². The molecule has 9 nitrogen and oxygen atoms in total. The summed E-state index contributed by atoms with van der Waals surface area (Å²) in [5.74, 6) is -0.408. The Bertz CT molecular complexity index is 1140. The number of carbonyl (C=O) groups excluding carboxylic acids is 1. The number of aliphatic hydroxyl groups is 2. The minimum absolute atomic E-state index is 0.0293. The Morgan fingerprint density at radius 3 is 1.45 bits per heavy atom. The highest BCUT2D eigenvalue weighted by Gasteiger charge is 2.26. The minimum atomic E-state index is -4.53. The van der Waals surface area contributed by atoms with E-state index in [4.69, 9.17) is 23.6 Å². The Kier molecular flexibility index (Phi) is 40.5. The van der Waals surface area contributed by atoms with Crippen LogP contribution in [0.4, 0.5) is 0 Å². The fourth-order valence-electron chi connectivity index (χ4n) is 5.36. The highest BCUT2D eigenvalue weighted by atomic mass is 31.2. The van der Waals surface area contributed by atoms with Crippen LogP contribution in [0.15, 0.2) is 85.1 Å². The topological polar surface area (TPSA) is 132 Å². The molecule has 56 heavy (non-hydrogen) atoms. The van der Waals surface area contributed by atoms with Crippen LogP contribution >= 0.6 is 7.82 Å². The summed E-state index contributed by atoms with van der Waals surface area (Å²) in [5.41, 5.74) is 0. The van der Waals surface area contributed by atoms with E-state index in [1.165, 1.54) is 25.7 Å². The Morgan fingerprint density at radius 2 is 0.964 bits per heavy atom. The van der Waals surface area contributed by atoms with Crippen LogP contribution in [-0.2, 0) is 27.9 Å². The van der Waals surface area contributed by atoms with Crippen molar-refractivity contribution in [2.75, 3.05) is 33.0 Å². The first-order valence-electron chi connectivity index (χ1n) is 21.6. The molecule has 3 atom stereocenters. The highest BCUT2D eigenvalue weighted by Crippen LogP contribution is 2.43. The van der Waals surface area contributed by atoms with Crippen molar-refractivity contribution in [1.82, 2.24) is 0 Å². The molecule has 0 saturated heterocycles. The van der Waals surface area contributed by atoms with Crippen molar-refractivity contribution in [3.8, 4) is 0 Å². The molecule has 3 N–H and O–H groups in total. The van der Waals surface area contributed by atoms with Gasteiger partial charge in [-0.25, -0.2) is 4.57 Å². The summed E-state index contributed by atoms with van der Waals surface area (Å²) in [5, 5.41) is 18.3. The summed E-state index contributed by atoms with van der Waals surface area (Å²) >= 11 is 0. The predicted octanol–water partition coefficient (Wildman–Crippen LogP) is 11.9. The van der Waals surface area contributed by atoms with Crippen molar-refractivity contribution in [2.24, 2.45) is 0 Å². The van der Waals surface area contributed by atoms with Gasteiger partial charge in [0.05, 0.1) is 26.4 Å². The largest absolute Gasteiger partial charge is 0.472 e. The average Bonchev–Trinajstić information content (AvgIpc) is 3.19. The molecule has 0 radical (unpaired) electrons. The van der Waals surface area contributed by atoms with E-state index in [2.05, 4.69) is 98.9 Å². The summed E-state index contributed by atoms with van der Waals surface area (Å²) in [6.07, 6.45) is 51.1. The van der Waals surface area contributed by atoms with Crippen LogP contribution in [-0.4, -0.2) is 66.3 Å². The van der Waals surface area contributed by atoms with Crippen LogP contribution in [0.3, 0.4) is 0 Å². The quantitative estimate of drug-likeness (QED) is 0.0240. The van der Waals surface area contributed by atoms with E-state index in [-0.39, 0.29) is 13.0 Å². The number of aliphatic hydroxyl groups excluding tert-OH is 2. The van der Waals surface area contributed by atoms with Crippen LogP contribution in [0.2, 0.25) is 0 Å². The maximum Gasteiger partial charge on any atom is 0.472 e. The van der Waals surface area contributed by atoms with Gasteiger partial charge in [0.15, 0.2) is 0 Å². The smallest absolute Gasteiger partial charge is 0.457 e. The van der Waals surface area contributed by atoms with Crippen molar-refractivity contribution >= 4 is 13.8 Å². The van der Waals surface area contributed by atoms with Gasteiger partial charge >= 0.3 is 13.8 Å². The number of hydrogen-bond acceptors (Lipinski definition) is 8. The SMILES string of the molecule is CC/C=C\C/C=C\C/C=C\C/C=C\CCCCCCCCCOCC(COP(=O)(O)OCC(O)CO)OC(=O)CCCCCCC/C=C\C/C=C\C/C=C\CC. The van der Waals surface area contributed by atoms with Crippen molar-refractivity contribution in [3.63, 3.8) is 0 Å². The normalized spacial score (nSPS) is 14.9. The zero-order valence-corrected chi connectivity index (χ0v) is 36.0. The molecule has 10 heteroatoms. The number of hydrogen-bond donors (Lipinski definition) is 3. The number of unbranched alkanes of at least 4 members (excludes halogenated alkanes) is 12. The van der Waals surface area contributed by atoms with Crippen molar-refractivity contribution in [3.05, 3.63) is 85.1 Å². The molecule has 0 fully saturated rings. The van der Waals surface area contributed by atoms with E-state index in [9.17, 15) is 19.4 Å². The number of phosphoric ester groups is 1. The first-order chi connectivity index (χ1) is 27.3. The van der Waals surface area contributed by atoms with Gasteiger partial charge in [0.25, 0.3) is 0 Å². The maximum absolute atomic E-state index is 12.6. The molecule has 0 aliphatic heterocycles. The predicted molar refractivity (Wildman–Crippen MR) is 232 cm³/mol. The van der Waals surface area contributed by atoms with Crippen LogP contribution in [0.1, 0.15) is 155 Å². The summed E-state index contributed by atoms with van der Waals surface area (Å²) < 4.78 is 33.3. The molecule has 0 bridgehead atoms. The Morgan fingerprint density at radius 1 is 0.554 bits per heavy atom. The number of ether oxygens (including phenoxy) is 2. The molecule has 0 aliphatic rings. The van der Waals surface area contributed by atoms with Crippen molar-refractivity contribution in [2.45, 2.75) is 167 Å². The molecule has 0 heterocycles. The second kappa shape index (κ2) is 42.3. The third-order valence-corrected chi connectivity index (χ3v) is 9.53. The van der Waals surface area contributed by atoms with Crippen molar-refractivity contribution in [1.29, 1.82) is 0 Å². The third-order valence-electron chi connectivity index (χ3n) is 8.58. The second-order valence-electron chi connectivity index (χ2n) is 13.9. The van der Waals surface area contributed by atoms with Gasteiger partial charge in [0, 0.05) is 13.0 Å². The molecule has 0 amide bonds. The van der Waals surface area contributed by atoms with Crippen LogP contribution < -0.4 is 0 Å². The number of phosphoric acid groups is 1. The lowest BCUT2D eigenvalue weighted by Gasteiger charge is -2.20. The van der Waals surface area contributed by atoms with E-state index in [0.717, 1.165) is 103 Å². The molecule has 0 aliphatic carbocycles. The van der Waals surface area contributed by atoms with E-state index in [1.54, 1.807) is 0 Å². The molecule has 0 saturated carbocycles. The molecule has 3 unspecified atom stereocenters. The molecular weight excluding hydrogens is 727 g/mol. The first-order valence-corrected chi connectivity index (χ1v) is 23.1. The van der Waals surface area contributed by atoms with Gasteiger partial charge in [-0.3, -0.25) is 13.8 Å². The van der Waals surface area contributed by atoms with E-state index in [0.29, 0.717) is 13.0 Å². The zero-order valence-electron chi connectivity index (χ0n) is 35.1. The Balaban J connectivity index is 4.23. The van der Waals surface area contributed by atoms with E-state index >= 15 is 0 Å². The van der Waals surface area contributed by atoms with Crippen LogP contribution in [0.25, 0.3) is 0 Å². The van der Waals surface area contributed by atoms with E-state index < -0.39 is 45.8 Å². The lowest BCUT2D eigenvalue weighted by molar-refractivity contribution is -0.154. The summed E-state index contributed by atoms with van der Waals surface area (Å²) in [4.78, 5) is 22.6. The Hall–Kier alpha value is -2.36. The molecule has 322 valence electrons. The zero-order chi connectivity index (χ0) is 41.1. The highest BCUT2D eigenvalue weighted by molar-refractivity contribution is 7.47. The number of allylic oxidation sites excluding steroid dienone is 14. The molecule has 0 spiro atoms. The van der Waals surface area contributed by atoms with Crippen LogP contribution in [0.5, 0.6) is 0 Å². The maximum atomic E-state index is 12.6.